The molecule has 0 saturated carbocycles. The van der Waals surface area contributed by atoms with Gasteiger partial charge in [-0.05, 0) is 36.4 Å². The molecule has 1 atom stereocenters. The monoisotopic (exact) mass is 353 g/mol. The molecule has 1 N–H and O–H groups in total. The number of carboxylic acids is 1. The second-order valence-electron chi connectivity index (χ2n) is 4.90. The summed E-state index contributed by atoms with van der Waals surface area (Å²) in [5.41, 5.74) is 0.306. The molecule has 0 bridgehead atoms. The van der Waals surface area contributed by atoms with Crippen molar-refractivity contribution in [2.75, 3.05) is 10.8 Å². The summed E-state index contributed by atoms with van der Waals surface area (Å²) in [6, 6.07) is 12.1. The minimum atomic E-state index is -3.93. The van der Waals surface area contributed by atoms with Gasteiger partial charge in [0.15, 0.2) is 0 Å². The molecular weight excluding hydrogens is 342 g/mol. The van der Waals surface area contributed by atoms with Crippen LogP contribution in [-0.2, 0) is 14.8 Å². The lowest BCUT2D eigenvalue weighted by Gasteiger charge is -2.33. The predicted molar refractivity (Wildman–Crippen MR) is 84.5 cm³/mol. The van der Waals surface area contributed by atoms with E-state index in [-0.39, 0.29) is 17.2 Å². The van der Waals surface area contributed by atoms with Gasteiger partial charge in [0.25, 0.3) is 10.0 Å². The Labute approximate surface area is 137 Å². The van der Waals surface area contributed by atoms with Gasteiger partial charge in [-0.15, -0.1) is 0 Å². The fourth-order valence-corrected chi connectivity index (χ4v) is 3.89. The topological polar surface area (TPSA) is 83.9 Å². The highest BCUT2D eigenvalue weighted by molar-refractivity contribution is 7.92. The largest absolute Gasteiger partial charge is 0.478 e. The van der Waals surface area contributed by atoms with Crippen LogP contribution in [0.5, 0.6) is 5.75 Å². The molecule has 23 heavy (non-hydrogen) atoms. The molecule has 0 spiro atoms. The van der Waals surface area contributed by atoms with E-state index in [1.807, 2.05) is 0 Å². The van der Waals surface area contributed by atoms with Crippen LogP contribution in [0.4, 0.5) is 5.69 Å². The lowest BCUT2D eigenvalue weighted by atomic mass is 10.2. The van der Waals surface area contributed by atoms with Crippen LogP contribution in [0.3, 0.4) is 0 Å². The highest BCUT2D eigenvalue weighted by Crippen LogP contribution is 2.36. The number of nitrogens with zero attached hydrogens (tertiary/aromatic N) is 1. The van der Waals surface area contributed by atoms with Gasteiger partial charge in [-0.3, -0.25) is 4.31 Å². The number of aliphatic carboxylic acids is 1. The van der Waals surface area contributed by atoms with Gasteiger partial charge in [0.2, 0.25) is 6.10 Å². The Morgan fingerprint density at radius 1 is 1.17 bits per heavy atom. The van der Waals surface area contributed by atoms with Crippen molar-refractivity contribution in [3.8, 4) is 5.75 Å². The molecule has 0 amide bonds. The van der Waals surface area contributed by atoms with Crippen molar-refractivity contribution in [3.05, 3.63) is 53.6 Å². The van der Waals surface area contributed by atoms with Crippen LogP contribution in [-0.4, -0.2) is 32.1 Å². The number of ether oxygens (including phenoxy) is 1. The minimum absolute atomic E-state index is 0.0303. The van der Waals surface area contributed by atoms with Crippen LogP contribution < -0.4 is 9.04 Å². The van der Waals surface area contributed by atoms with Gasteiger partial charge in [0.05, 0.1) is 17.1 Å². The average Bonchev–Trinajstić information content (AvgIpc) is 2.54. The molecular formula is C15H12ClNO5S. The first kappa shape index (κ1) is 15.6. The van der Waals surface area contributed by atoms with Crippen molar-refractivity contribution in [3.63, 3.8) is 0 Å². The van der Waals surface area contributed by atoms with Gasteiger partial charge in [0, 0.05) is 5.02 Å². The highest BCUT2D eigenvalue weighted by atomic mass is 35.5. The van der Waals surface area contributed by atoms with Crippen LogP contribution in [0.2, 0.25) is 5.02 Å². The van der Waals surface area contributed by atoms with E-state index in [0.717, 1.165) is 4.31 Å². The maximum absolute atomic E-state index is 12.9. The first-order valence-electron chi connectivity index (χ1n) is 6.66. The second-order valence-corrected chi connectivity index (χ2v) is 7.20. The standard InChI is InChI=1S/C15H12ClNO5S/c16-10-5-7-11(8-6-10)23(20,21)17-9-14(15(18)19)22-13-4-2-1-3-12(13)17/h1-8,14H,9H2,(H,18,19)/t14-/m0/s1. The zero-order valence-corrected chi connectivity index (χ0v) is 13.3. The van der Waals surface area contributed by atoms with Crippen molar-refractivity contribution in [1.82, 2.24) is 0 Å². The Hall–Kier alpha value is -2.25. The lowest BCUT2D eigenvalue weighted by molar-refractivity contribution is -0.144. The number of fused-ring (bicyclic) bond motifs is 1. The van der Waals surface area contributed by atoms with Crippen LogP contribution in [0.1, 0.15) is 0 Å². The SMILES string of the molecule is O=C(O)[C@@H]1CN(S(=O)(=O)c2ccc(Cl)cc2)c2ccccc2O1. The molecule has 0 fully saturated rings. The third-order valence-corrected chi connectivity index (χ3v) is 5.46. The Morgan fingerprint density at radius 3 is 2.48 bits per heavy atom. The van der Waals surface area contributed by atoms with E-state index in [1.54, 1.807) is 18.2 Å². The number of carbonyl (C=O) groups is 1. The maximum atomic E-state index is 12.9. The zero-order valence-electron chi connectivity index (χ0n) is 11.7. The van der Waals surface area contributed by atoms with Gasteiger partial charge in [-0.25, -0.2) is 13.2 Å². The molecule has 1 aliphatic rings. The first-order valence-corrected chi connectivity index (χ1v) is 8.48. The fourth-order valence-electron chi connectivity index (χ4n) is 2.29. The molecule has 2 aromatic carbocycles. The predicted octanol–water partition coefficient (Wildman–Crippen LogP) is 2.38. The molecule has 8 heteroatoms. The minimum Gasteiger partial charge on any atom is -0.478 e. The number of rotatable bonds is 3. The summed E-state index contributed by atoms with van der Waals surface area (Å²) in [4.78, 5) is 11.3. The number of halogens is 1. The van der Waals surface area contributed by atoms with E-state index in [4.69, 9.17) is 16.3 Å². The Bertz CT molecular complexity index is 850. The third kappa shape index (κ3) is 2.85. The molecule has 1 aliphatic heterocycles. The highest BCUT2D eigenvalue weighted by Gasteiger charge is 2.37. The van der Waals surface area contributed by atoms with E-state index in [2.05, 4.69) is 0 Å². The maximum Gasteiger partial charge on any atom is 0.346 e. The summed E-state index contributed by atoms with van der Waals surface area (Å²) in [7, 11) is -3.93. The van der Waals surface area contributed by atoms with Gasteiger partial charge in [-0.2, -0.15) is 0 Å². The average molecular weight is 354 g/mol. The molecule has 3 rings (SSSR count). The summed E-state index contributed by atoms with van der Waals surface area (Å²) in [6.07, 6.45) is -1.27. The molecule has 0 aliphatic carbocycles. The second kappa shape index (κ2) is 5.75. The molecule has 120 valence electrons. The summed E-state index contributed by atoms with van der Waals surface area (Å²) in [5, 5.41) is 9.60. The number of hydrogen-bond donors (Lipinski definition) is 1. The summed E-state index contributed by atoms with van der Waals surface area (Å²) >= 11 is 5.79. The molecule has 2 aromatic rings. The number of hydrogen-bond acceptors (Lipinski definition) is 4. The Kier molecular flexibility index (Phi) is 3.91. The number of sulfonamides is 1. The number of carboxylic acid groups (broad SMARTS) is 1. The molecule has 0 unspecified atom stereocenters. The molecule has 6 nitrogen and oxygen atoms in total. The van der Waals surface area contributed by atoms with Gasteiger partial charge in [-0.1, -0.05) is 23.7 Å². The molecule has 0 saturated heterocycles. The van der Waals surface area contributed by atoms with E-state index in [9.17, 15) is 18.3 Å². The van der Waals surface area contributed by atoms with Crippen molar-refractivity contribution in [2.45, 2.75) is 11.0 Å². The first-order chi connectivity index (χ1) is 10.9. The van der Waals surface area contributed by atoms with Gasteiger partial charge < -0.3 is 9.84 Å². The van der Waals surface area contributed by atoms with E-state index < -0.39 is 22.1 Å². The molecule has 0 radical (unpaired) electrons. The summed E-state index contributed by atoms with van der Waals surface area (Å²) in [5.74, 6) is -1.01. The van der Waals surface area contributed by atoms with E-state index in [0.29, 0.717) is 10.7 Å². The third-order valence-electron chi connectivity index (χ3n) is 3.41. The van der Waals surface area contributed by atoms with E-state index in [1.165, 1.54) is 30.3 Å². The lowest BCUT2D eigenvalue weighted by Crippen LogP contribution is -2.47. The van der Waals surface area contributed by atoms with Gasteiger partial charge in [0.1, 0.15) is 5.75 Å². The number of para-hydroxylation sites is 2. The Morgan fingerprint density at radius 2 is 1.83 bits per heavy atom. The zero-order chi connectivity index (χ0) is 16.6. The van der Waals surface area contributed by atoms with Crippen molar-refractivity contribution in [1.29, 1.82) is 0 Å². The van der Waals surface area contributed by atoms with Crippen molar-refractivity contribution in [2.24, 2.45) is 0 Å². The van der Waals surface area contributed by atoms with Crippen LogP contribution >= 0.6 is 11.6 Å². The van der Waals surface area contributed by atoms with Gasteiger partial charge >= 0.3 is 5.97 Å². The van der Waals surface area contributed by atoms with Crippen LogP contribution in [0.25, 0.3) is 0 Å². The van der Waals surface area contributed by atoms with E-state index >= 15 is 0 Å². The number of benzene rings is 2. The number of anilines is 1. The summed E-state index contributed by atoms with van der Waals surface area (Å²) < 4.78 is 32.1. The normalized spacial score (nSPS) is 17.3. The van der Waals surface area contributed by atoms with Crippen molar-refractivity contribution < 1.29 is 23.1 Å². The Balaban J connectivity index is 2.10. The molecule has 1 heterocycles. The summed E-state index contributed by atoms with van der Waals surface area (Å²) in [6.45, 7) is -0.308. The van der Waals surface area contributed by atoms with Crippen LogP contribution in [0, 0.1) is 0 Å². The fraction of sp³-hybridized carbons (Fsp3) is 0.133. The smallest absolute Gasteiger partial charge is 0.346 e. The van der Waals surface area contributed by atoms with Crippen LogP contribution in [0.15, 0.2) is 53.4 Å². The quantitative estimate of drug-likeness (QED) is 0.915. The van der Waals surface area contributed by atoms with Crippen molar-refractivity contribution >= 4 is 33.3 Å². The molecule has 0 aromatic heterocycles.